The number of aryl methyl sites for hydroxylation is 1. The predicted octanol–water partition coefficient (Wildman–Crippen LogP) is 3.04. The van der Waals surface area contributed by atoms with E-state index in [-0.39, 0.29) is 0 Å². The van der Waals surface area contributed by atoms with Crippen LogP contribution < -0.4 is 5.32 Å². The van der Waals surface area contributed by atoms with Gasteiger partial charge in [0.1, 0.15) is 17.3 Å². The zero-order chi connectivity index (χ0) is 12.3. The van der Waals surface area contributed by atoms with E-state index >= 15 is 0 Å². The van der Waals surface area contributed by atoms with Crippen LogP contribution in [0.25, 0.3) is 11.5 Å². The van der Waals surface area contributed by atoms with Gasteiger partial charge in [0.2, 0.25) is 0 Å². The summed E-state index contributed by atoms with van der Waals surface area (Å²) in [6.45, 7) is 6.96. The Morgan fingerprint density at radius 3 is 2.71 bits per heavy atom. The fraction of sp³-hybridized carbons (Fsp3) is 0.385. The second-order valence-corrected chi connectivity index (χ2v) is 3.82. The molecule has 0 unspecified atom stereocenters. The van der Waals surface area contributed by atoms with E-state index in [1.54, 1.807) is 6.26 Å². The van der Waals surface area contributed by atoms with Gasteiger partial charge in [-0.1, -0.05) is 6.92 Å². The summed E-state index contributed by atoms with van der Waals surface area (Å²) in [6, 6.07) is 3.79. The van der Waals surface area contributed by atoms with Crippen LogP contribution in [0.4, 0.5) is 5.82 Å². The van der Waals surface area contributed by atoms with Gasteiger partial charge in [0, 0.05) is 18.5 Å². The first-order valence-corrected chi connectivity index (χ1v) is 5.91. The van der Waals surface area contributed by atoms with Crippen molar-refractivity contribution in [2.75, 3.05) is 11.9 Å². The van der Waals surface area contributed by atoms with Gasteiger partial charge in [-0.05, 0) is 26.0 Å². The molecule has 0 atom stereocenters. The Kier molecular flexibility index (Phi) is 3.42. The number of nitrogens with one attached hydrogen (secondary N) is 1. The van der Waals surface area contributed by atoms with Gasteiger partial charge in [-0.25, -0.2) is 9.97 Å². The van der Waals surface area contributed by atoms with E-state index in [1.807, 2.05) is 26.0 Å². The average molecular weight is 231 g/mol. The summed E-state index contributed by atoms with van der Waals surface area (Å²) in [4.78, 5) is 9.02. The number of rotatable bonds is 4. The molecule has 0 aromatic carbocycles. The molecule has 90 valence electrons. The Morgan fingerprint density at radius 2 is 2.12 bits per heavy atom. The Hall–Kier alpha value is -1.84. The summed E-state index contributed by atoms with van der Waals surface area (Å²) in [6.07, 6.45) is 2.47. The highest BCUT2D eigenvalue weighted by atomic mass is 16.3. The maximum absolute atomic E-state index is 5.41. The van der Waals surface area contributed by atoms with Crippen LogP contribution in [0.15, 0.2) is 22.8 Å². The molecule has 17 heavy (non-hydrogen) atoms. The quantitative estimate of drug-likeness (QED) is 0.878. The van der Waals surface area contributed by atoms with E-state index < -0.39 is 0 Å². The fourth-order valence-electron chi connectivity index (χ4n) is 1.71. The number of furan rings is 1. The summed E-state index contributed by atoms with van der Waals surface area (Å²) in [5.41, 5.74) is 1.90. The van der Waals surface area contributed by atoms with Crippen molar-refractivity contribution in [2.45, 2.75) is 27.2 Å². The molecule has 2 aromatic heterocycles. The molecule has 0 aliphatic rings. The van der Waals surface area contributed by atoms with Gasteiger partial charge in [0.15, 0.2) is 5.76 Å². The zero-order valence-corrected chi connectivity index (χ0v) is 10.4. The lowest BCUT2D eigenvalue weighted by atomic mass is 10.2. The normalized spacial score (nSPS) is 10.5. The maximum atomic E-state index is 5.41. The maximum Gasteiger partial charge on any atom is 0.152 e. The summed E-state index contributed by atoms with van der Waals surface area (Å²) < 4.78 is 5.41. The van der Waals surface area contributed by atoms with E-state index in [9.17, 15) is 0 Å². The smallest absolute Gasteiger partial charge is 0.152 e. The van der Waals surface area contributed by atoms with Gasteiger partial charge in [-0.3, -0.25) is 0 Å². The van der Waals surface area contributed by atoms with Gasteiger partial charge >= 0.3 is 0 Å². The van der Waals surface area contributed by atoms with E-state index in [2.05, 4.69) is 22.2 Å². The van der Waals surface area contributed by atoms with E-state index in [0.717, 1.165) is 41.6 Å². The molecule has 0 aliphatic carbocycles. The van der Waals surface area contributed by atoms with Crippen molar-refractivity contribution in [1.29, 1.82) is 0 Å². The molecule has 4 nitrogen and oxygen atoms in total. The van der Waals surface area contributed by atoms with Crippen LogP contribution >= 0.6 is 0 Å². The Balaban J connectivity index is 2.54. The van der Waals surface area contributed by atoms with E-state index in [4.69, 9.17) is 4.42 Å². The minimum Gasteiger partial charge on any atom is -0.463 e. The topological polar surface area (TPSA) is 51.0 Å². The molecular weight excluding hydrogens is 214 g/mol. The Labute approximate surface area is 101 Å². The minimum atomic E-state index is 0.791. The molecular formula is C13H17N3O. The predicted molar refractivity (Wildman–Crippen MR) is 68.0 cm³/mol. The summed E-state index contributed by atoms with van der Waals surface area (Å²) >= 11 is 0. The Morgan fingerprint density at radius 1 is 1.29 bits per heavy atom. The molecule has 0 aliphatic heterocycles. The van der Waals surface area contributed by atoms with Gasteiger partial charge in [-0.15, -0.1) is 0 Å². The average Bonchev–Trinajstić information content (AvgIpc) is 2.85. The first-order valence-electron chi connectivity index (χ1n) is 5.91. The summed E-state index contributed by atoms with van der Waals surface area (Å²) in [5, 5.41) is 3.26. The van der Waals surface area contributed by atoms with Crippen LogP contribution in [0.1, 0.15) is 25.2 Å². The van der Waals surface area contributed by atoms with Crippen LogP contribution in [-0.4, -0.2) is 16.5 Å². The number of aromatic nitrogens is 2. The highest BCUT2D eigenvalue weighted by molar-refractivity contribution is 5.64. The molecule has 2 aromatic rings. The van der Waals surface area contributed by atoms with Crippen LogP contribution in [-0.2, 0) is 6.42 Å². The largest absolute Gasteiger partial charge is 0.463 e. The molecule has 2 rings (SSSR count). The monoisotopic (exact) mass is 231 g/mol. The van der Waals surface area contributed by atoms with Crippen molar-refractivity contribution in [3.63, 3.8) is 0 Å². The van der Waals surface area contributed by atoms with Crippen LogP contribution in [0, 0.1) is 6.92 Å². The van der Waals surface area contributed by atoms with E-state index in [1.165, 1.54) is 0 Å². The second kappa shape index (κ2) is 4.99. The van der Waals surface area contributed by atoms with Crippen molar-refractivity contribution in [3.05, 3.63) is 29.8 Å². The molecule has 0 fully saturated rings. The lowest BCUT2D eigenvalue weighted by Crippen LogP contribution is -2.07. The molecule has 0 radical (unpaired) electrons. The van der Waals surface area contributed by atoms with Gasteiger partial charge in [-0.2, -0.15) is 0 Å². The SMILES string of the molecule is CCNc1nc(CC)nc(-c2ccco2)c1C. The Bertz CT molecular complexity index is 492. The van der Waals surface area contributed by atoms with Crippen molar-refractivity contribution in [1.82, 2.24) is 9.97 Å². The number of anilines is 1. The third-order valence-corrected chi connectivity index (χ3v) is 2.61. The lowest BCUT2D eigenvalue weighted by Gasteiger charge is -2.11. The van der Waals surface area contributed by atoms with Crippen molar-refractivity contribution in [2.24, 2.45) is 0 Å². The van der Waals surface area contributed by atoms with Gasteiger partial charge in [0.25, 0.3) is 0 Å². The molecule has 0 saturated heterocycles. The van der Waals surface area contributed by atoms with Gasteiger partial charge in [0.05, 0.1) is 6.26 Å². The second-order valence-electron chi connectivity index (χ2n) is 3.82. The lowest BCUT2D eigenvalue weighted by molar-refractivity contribution is 0.578. The number of hydrogen-bond acceptors (Lipinski definition) is 4. The highest BCUT2D eigenvalue weighted by Gasteiger charge is 2.13. The molecule has 1 N–H and O–H groups in total. The van der Waals surface area contributed by atoms with Crippen LogP contribution in [0.3, 0.4) is 0 Å². The third-order valence-electron chi connectivity index (χ3n) is 2.61. The molecule has 2 heterocycles. The van der Waals surface area contributed by atoms with E-state index in [0.29, 0.717) is 0 Å². The first kappa shape index (κ1) is 11.6. The fourth-order valence-corrected chi connectivity index (χ4v) is 1.71. The van der Waals surface area contributed by atoms with Gasteiger partial charge < -0.3 is 9.73 Å². The molecule has 0 saturated carbocycles. The van der Waals surface area contributed by atoms with Crippen LogP contribution in [0.2, 0.25) is 0 Å². The van der Waals surface area contributed by atoms with Crippen molar-refractivity contribution < 1.29 is 4.42 Å². The molecule has 0 spiro atoms. The third kappa shape index (κ3) is 2.30. The minimum absolute atomic E-state index is 0.791. The van der Waals surface area contributed by atoms with Crippen LogP contribution in [0.5, 0.6) is 0 Å². The summed E-state index contributed by atoms with van der Waals surface area (Å²) in [5.74, 6) is 2.52. The first-order chi connectivity index (χ1) is 8.26. The standard InChI is InChI=1S/C13H17N3O/c1-4-11-15-12(10-7-6-8-17-10)9(3)13(16-11)14-5-2/h6-8H,4-5H2,1-3H3,(H,14,15,16). The summed E-state index contributed by atoms with van der Waals surface area (Å²) in [7, 11) is 0. The van der Waals surface area contributed by atoms with Crippen molar-refractivity contribution >= 4 is 5.82 Å². The number of hydrogen-bond donors (Lipinski definition) is 1. The number of nitrogens with zero attached hydrogens (tertiary/aromatic N) is 2. The highest BCUT2D eigenvalue weighted by Crippen LogP contribution is 2.26. The molecule has 4 heteroatoms. The van der Waals surface area contributed by atoms with Crippen molar-refractivity contribution in [3.8, 4) is 11.5 Å². The molecule has 0 bridgehead atoms. The zero-order valence-electron chi connectivity index (χ0n) is 10.4. The molecule has 0 amide bonds.